The molecule has 1 saturated heterocycles. The van der Waals surface area contributed by atoms with Gasteiger partial charge in [0.05, 0.1) is 5.71 Å². The molecular formula is C24H28N2O. The first kappa shape index (κ1) is 17.0. The third kappa shape index (κ3) is 2.21. The molecule has 3 nitrogen and oxygen atoms in total. The minimum atomic E-state index is -0.458. The number of fused-ring (bicyclic) bond motifs is 5. The van der Waals surface area contributed by atoms with Crippen LogP contribution < -0.4 is 4.74 Å². The molecule has 3 aliphatic rings. The Morgan fingerprint density at radius 3 is 2.74 bits per heavy atom. The van der Waals surface area contributed by atoms with Gasteiger partial charge >= 0.3 is 0 Å². The maximum Gasteiger partial charge on any atom is 0.207 e. The monoisotopic (exact) mass is 360 g/mol. The van der Waals surface area contributed by atoms with E-state index in [0.717, 1.165) is 43.0 Å². The molecule has 140 valence electrons. The van der Waals surface area contributed by atoms with E-state index in [1.165, 1.54) is 28.3 Å². The van der Waals surface area contributed by atoms with Gasteiger partial charge in [0.15, 0.2) is 0 Å². The zero-order chi connectivity index (χ0) is 18.8. The quantitative estimate of drug-likeness (QED) is 0.599. The third-order valence-corrected chi connectivity index (χ3v) is 6.91. The summed E-state index contributed by atoms with van der Waals surface area (Å²) in [6, 6.07) is 8.87. The summed E-state index contributed by atoms with van der Waals surface area (Å²) in [7, 11) is 2.17. The Kier molecular flexibility index (Phi) is 3.58. The van der Waals surface area contributed by atoms with Crippen LogP contribution in [0.25, 0.3) is 16.8 Å². The summed E-state index contributed by atoms with van der Waals surface area (Å²) >= 11 is 0. The fourth-order valence-corrected chi connectivity index (χ4v) is 5.55. The summed E-state index contributed by atoms with van der Waals surface area (Å²) in [6.07, 6.45) is 9.15. The van der Waals surface area contributed by atoms with E-state index in [1.54, 1.807) is 0 Å². The van der Waals surface area contributed by atoms with E-state index in [-0.39, 0.29) is 5.41 Å². The van der Waals surface area contributed by atoms with E-state index >= 15 is 0 Å². The van der Waals surface area contributed by atoms with Gasteiger partial charge in [-0.2, -0.15) is 0 Å². The molecule has 1 atom stereocenters. The molecule has 2 aromatic rings. The number of rotatable bonds is 0. The van der Waals surface area contributed by atoms with E-state index in [0.29, 0.717) is 0 Å². The highest BCUT2D eigenvalue weighted by molar-refractivity contribution is 6.05. The van der Waals surface area contributed by atoms with E-state index < -0.39 is 5.72 Å². The first-order valence-corrected chi connectivity index (χ1v) is 10.2. The van der Waals surface area contributed by atoms with Crippen LogP contribution in [-0.4, -0.2) is 29.9 Å². The number of allylic oxidation sites excluding steroid dienone is 1. The van der Waals surface area contributed by atoms with Crippen LogP contribution >= 0.6 is 0 Å². The van der Waals surface area contributed by atoms with Crippen LogP contribution in [-0.2, 0) is 6.42 Å². The molecule has 1 unspecified atom stereocenters. The maximum absolute atomic E-state index is 6.83. The van der Waals surface area contributed by atoms with Gasteiger partial charge in [0.1, 0.15) is 11.4 Å². The van der Waals surface area contributed by atoms with Gasteiger partial charge in [-0.25, -0.2) is 4.99 Å². The van der Waals surface area contributed by atoms with E-state index in [9.17, 15) is 0 Å². The highest BCUT2D eigenvalue weighted by Gasteiger charge is 2.56. The SMILES string of the molecule is CC1=Nc2c(ccc3c4c(ccc23)CCC=C4)OC12N(C)CCCC2(C)C. The Morgan fingerprint density at radius 2 is 1.93 bits per heavy atom. The largest absolute Gasteiger partial charge is 0.464 e. The Bertz CT molecular complexity index is 1000. The van der Waals surface area contributed by atoms with Crippen LogP contribution in [0.1, 0.15) is 51.2 Å². The molecule has 2 aliphatic heterocycles. The lowest BCUT2D eigenvalue weighted by atomic mass is 9.71. The van der Waals surface area contributed by atoms with Gasteiger partial charge in [-0.05, 0) is 68.3 Å². The van der Waals surface area contributed by atoms with Crippen LogP contribution in [0.15, 0.2) is 35.3 Å². The lowest BCUT2D eigenvalue weighted by Crippen LogP contribution is -2.68. The Hall–Kier alpha value is -2.13. The predicted molar refractivity (Wildman–Crippen MR) is 113 cm³/mol. The minimum absolute atomic E-state index is 0.0127. The van der Waals surface area contributed by atoms with Crippen LogP contribution in [0, 0.1) is 5.41 Å². The smallest absolute Gasteiger partial charge is 0.207 e. The number of aryl methyl sites for hydroxylation is 1. The molecule has 0 saturated carbocycles. The molecule has 1 aliphatic carbocycles. The molecule has 0 aromatic heterocycles. The van der Waals surface area contributed by atoms with Crippen LogP contribution in [0.5, 0.6) is 5.75 Å². The second-order valence-corrected chi connectivity index (χ2v) is 8.94. The number of hydrogen-bond acceptors (Lipinski definition) is 3. The number of benzene rings is 2. The zero-order valence-corrected chi connectivity index (χ0v) is 16.8. The third-order valence-electron chi connectivity index (χ3n) is 6.91. The fourth-order valence-electron chi connectivity index (χ4n) is 5.55. The maximum atomic E-state index is 6.83. The Morgan fingerprint density at radius 1 is 1.11 bits per heavy atom. The summed E-state index contributed by atoms with van der Waals surface area (Å²) < 4.78 is 6.83. The fraction of sp³-hybridized carbons (Fsp3) is 0.458. The van der Waals surface area contributed by atoms with Crippen molar-refractivity contribution in [3.63, 3.8) is 0 Å². The lowest BCUT2D eigenvalue weighted by molar-refractivity contribution is -0.126. The van der Waals surface area contributed by atoms with E-state index in [4.69, 9.17) is 9.73 Å². The topological polar surface area (TPSA) is 24.8 Å². The highest BCUT2D eigenvalue weighted by atomic mass is 16.5. The molecular weight excluding hydrogens is 332 g/mol. The van der Waals surface area contributed by atoms with Gasteiger partial charge in [-0.15, -0.1) is 0 Å². The molecule has 3 heteroatoms. The van der Waals surface area contributed by atoms with Crippen molar-refractivity contribution in [3.8, 4) is 5.75 Å². The van der Waals surface area contributed by atoms with Gasteiger partial charge in [0.2, 0.25) is 5.72 Å². The lowest BCUT2D eigenvalue weighted by Gasteiger charge is -2.55. The molecule has 1 spiro atoms. The van der Waals surface area contributed by atoms with Crippen molar-refractivity contribution in [2.45, 2.75) is 52.2 Å². The van der Waals surface area contributed by atoms with Crippen molar-refractivity contribution >= 4 is 28.2 Å². The number of likely N-dealkylation sites (tertiary alicyclic amines) is 1. The van der Waals surface area contributed by atoms with Gasteiger partial charge in [0.25, 0.3) is 0 Å². The Balaban J connectivity index is 1.72. The first-order chi connectivity index (χ1) is 12.9. The van der Waals surface area contributed by atoms with Crippen molar-refractivity contribution in [2.75, 3.05) is 13.6 Å². The van der Waals surface area contributed by atoms with E-state index in [1.807, 2.05) is 0 Å². The second kappa shape index (κ2) is 5.68. The molecule has 0 amide bonds. The van der Waals surface area contributed by atoms with Crippen molar-refractivity contribution in [2.24, 2.45) is 10.4 Å². The van der Waals surface area contributed by atoms with Crippen LogP contribution in [0.4, 0.5) is 5.69 Å². The standard InChI is InChI=1S/C24H28N2O/c1-16-24(23(2,3)14-7-15-26(24)4)27-21-13-12-19-18-9-6-5-8-17(18)10-11-20(19)22(21)25-16/h6,9-13H,5,7-8,14-15H2,1-4H3. The number of hydrogen-bond donors (Lipinski definition) is 0. The molecule has 27 heavy (non-hydrogen) atoms. The number of piperidine rings is 1. The van der Waals surface area contributed by atoms with Gasteiger partial charge < -0.3 is 4.74 Å². The van der Waals surface area contributed by atoms with Crippen molar-refractivity contribution in [1.29, 1.82) is 0 Å². The van der Waals surface area contributed by atoms with Crippen molar-refractivity contribution in [3.05, 3.63) is 41.5 Å². The first-order valence-electron chi connectivity index (χ1n) is 10.2. The van der Waals surface area contributed by atoms with Crippen molar-refractivity contribution < 1.29 is 4.74 Å². The summed E-state index contributed by atoms with van der Waals surface area (Å²) in [5.41, 5.74) is 4.41. The Labute approximate surface area is 161 Å². The van der Waals surface area contributed by atoms with Crippen LogP contribution in [0.2, 0.25) is 0 Å². The summed E-state index contributed by atoms with van der Waals surface area (Å²) in [5.74, 6) is 0.912. The summed E-state index contributed by atoms with van der Waals surface area (Å²) in [4.78, 5) is 7.53. The summed E-state index contributed by atoms with van der Waals surface area (Å²) in [6.45, 7) is 7.81. The van der Waals surface area contributed by atoms with E-state index in [2.05, 4.69) is 69.1 Å². The second-order valence-electron chi connectivity index (χ2n) is 8.94. The highest BCUT2D eigenvalue weighted by Crippen LogP contribution is 2.51. The summed E-state index contributed by atoms with van der Waals surface area (Å²) in [5, 5.41) is 2.48. The molecule has 0 radical (unpaired) electrons. The van der Waals surface area contributed by atoms with Crippen molar-refractivity contribution in [1.82, 2.24) is 4.90 Å². The molecule has 0 bridgehead atoms. The molecule has 1 fully saturated rings. The van der Waals surface area contributed by atoms with Gasteiger partial charge in [0, 0.05) is 17.3 Å². The number of ether oxygens (including phenoxy) is 1. The molecule has 2 aromatic carbocycles. The minimum Gasteiger partial charge on any atom is -0.464 e. The van der Waals surface area contributed by atoms with Gasteiger partial charge in [-0.1, -0.05) is 38.1 Å². The number of aliphatic imine (C=N–C) groups is 1. The molecule has 5 rings (SSSR count). The zero-order valence-electron chi connectivity index (χ0n) is 16.8. The average molecular weight is 361 g/mol. The average Bonchev–Trinajstić information content (AvgIpc) is 2.65. The predicted octanol–water partition coefficient (Wildman–Crippen LogP) is 5.73. The van der Waals surface area contributed by atoms with Crippen LogP contribution in [0.3, 0.4) is 0 Å². The normalized spacial score (nSPS) is 26.4. The van der Waals surface area contributed by atoms with Gasteiger partial charge in [-0.3, -0.25) is 4.90 Å². The molecule has 2 heterocycles. The molecule has 0 N–H and O–H groups in total. The number of nitrogens with zero attached hydrogens (tertiary/aromatic N) is 2.